The summed E-state index contributed by atoms with van der Waals surface area (Å²) in [6, 6.07) is 0. The standard InChI is InChI=1S/C5H7NO4/c7-3-4(8)1-6-2-5(9)10/h3,6H,1-2H2,(H,9,10). The number of aldehydes is 1. The van der Waals surface area contributed by atoms with Gasteiger partial charge in [-0.2, -0.15) is 0 Å². The molecule has 0 saturated carbocycles. The Labute approximate surface area is 57.0 Å². The number of carbonyl (C=O) groups excluding carboxylic acids is 2. The van der Waals surface area contributed by atoms with Crippen LogP contribution in [-0.4, -0.2) is 36.2 Å². The molecule has 0 radical (unpaired) electrons. The maximum absolute atomic E-state index is 10.2. The molecule has 0 saturated heterocycles. The number of carbonyl (C=O) groups is 3. The molecule has 0 rings (SSSR count). The summed E-state index contributed by atoms with van der Waals surface area (Å²) in [5.41, 5.74) is 0. The van der Waals surface area contributed by atoms with Crippen LogP contribution in [0.15, 0.2) is 0 Å². The summed E-state index contributed by atoms with van der Waals surface area (Å²) >= 11 is 0. The van der Waals surface area contributed by atoms with Gasteiger partial charge in [0, 0.05) is 0 Å². The van der Waals surface area contributed by atoms with Crippen molar-refractivity contribution in [3.05, 3.63) is 0 Å². The van der Waals surface area contributed by atoms with Crippen LogP contribution in [-0.2, 0) is 14.4 Å². The van der Waals surface area contributed by atoms with Crippen molar-refractivity contribution >= 4 is 18.0 Å². The van der Waals surface area contributed by atoms with Crippen molar-refractivity contribution in [2.45, 2.75) is 0 Å². The predicted molar refractivity (Wildman–Crippen MR) is 31.6 cm³/mol. The van der Waals surface area contributed by atoms with Crippen molar-refractivity contribution in [3.63, 3.8) is 0 Å². The number of rotatable bonds is 5. The SMILES string of the molecule is O=CC(=O)CNCC(=O)O. The zero-order valence-corrected chi connectivity index (χ0v) is 5.16. The van der Waals surface area contributed by atoms with Gasteiger partial charge in [0.15, 0.2) is 6.29 Å². The normalized spacial score (nSPS) is 8.80. The Morgan fingerprint density at radius 3 is 2.40 bits per heavy atom. The maximum atomic E-state index is 10.2. The largest absolute Gasteiger partial charge is 0.480 e. The molecule has 2 N–H and O–H groups in total. The van der Waals surface area contributed by atoms with Crippen LogP contribution in [0.25, 0.3) is 0 Å². The molecule has 0 spiro atoms. The van der Waals surface area contributed by atoms with Crippen molar-refractivity contribution in [1.82, 2.24) is 5.32 Å². The van der Waals surface area contributed by atoms with Gasteiger partial charge in [0.2, 0.25) is 5.78 Å². The fourth-order valence-corrected chi connectivity index (χ4v) is 0.334. The van der Waals surface area contributed by atoms with Gasteiger partial charge in [-0.25, -0.2) is 0 Å². The van der Waals surface area contributed by atoms with Gasteiger partial charge in [0.1, 0.15) is 0 Å². The molecule has 0 bridgehead atoms. The second-order valence-electron chi connectivity index (χ2n) is 1.58. The highest BCUT2D eigenvalue weighted by molar-refractivity contribution is 6.25. The van der Waals surface area contributed by atoms with Crippen molar-refractivity contribution in [1.29, 1.82) is 0 Å². The van der Waals surface area contributed by atoms with E-state index in [1.807, 2.05) is 0 Å². The summed E-state index contributed by atoms with van der Waals surface area (Å²) in [7, 11) is 0. The molecular weight excluding hydrogens is 138 g/mol. The van der Waals surface area contributed by atoms with E-state index in [1.165, 1.54) is 0 Å². The lowest BCUT2D eigenvalue weighted by atomic mass is 10.4. The molecule has 0 atom stereocenters. The first kappa shape index (κ1) is 8.77. The van der Waals surface area contributed by atoms with E-state index >= 15 is 0 Å². The van der Waals surface area contributed by atoms with E-state index in [0.29, 0.717) is 0 Å². The van der Waals surface area contributed by atoms with Gasteiger partial charge in [-0.05, 0) is 0 Å². The van der Waals surface area contributed by atoms with Gasteiger partial charge in [-0.15, -0.1) is 0 Å². The Balaban J connectivity index is 3.28. The minimum atomic E-state index is -1.06. The lowest BCUT2D eigenvalue weighted by Gasteiger charge is -1.93. The van der Waals surface area contributed by atoms with Crippen LogP contribution in [0.2, 0.25) is 0 Å². The number of carboxylic acid groups (broad SMARTS) is 1. The second-order valence-corrected chi connectivity index (χ2v) is 1.58. The van der Waals surface area contributed by atoms with Crippen molar-refractivity contribution in [3.8, 4) is 0 Å². The molecule has 0 heterocycles. The quantitative estimate of drug-likeness (QED) is 0.360. The third-order valence-electron chi connectivity index (χ3n) is 0.707. The lowest BCUT2D eigenvalue weighted by molar-refractivity contribution is -0.136. The Morgan fingerprint density at radius 2 is 2.00 bits per heavy atom. The first-order chi connectivity index (χ1) is 4.66. The molecular formula is C5H7NO4. The van der Waals surface area contributed by atoms with Crippen LogP contribution in [0.3, 0.4) is 0 Å². The van der Waals surface area contributed by atoms with E-state index in [1.54, 1.807) is 0 Å². The summed E-state index contributed by atoms with van der Waals surface area (Å²) in [5, 5.41) is 10.3. The minimum absolute atomic E-state index is 0.148. The molecule has 0 unspecified atom stereocenters. The summed E-state index contributed by atoms with van der Waals surface area (Å²) in [4.78, 5) is 29.6. The van der Waals surface area contributed by atoms with Gasteiger partial charge < -0.3 is 5.11 Å². The number of Topliss-reactive ketones (excluding diaryl/α,β-unsaturated/α-hetero) is 1. The zero-order chi connectivity index (χ0) is 7.98. The van der Waals surface area contributed by atoms with Crippen LogP contribution < -0.4 is 5.32 Å². The van der Waals surface area contributed by atoms with E-state index < -0.39 is 11.8 Å². The Morgan fingerprint density at radius 1 is 1.40 bits per heavy atom. The molecule has 0 aliphatic carbocycles. The van der Waals surface area contributed by atoms with E-state index in [0.717, 1.165) is 0 Å². The average molecular weight is 145 g/mol. The van der Waals surface area contributed by atoms with E-state index in [4.69, 9.17) is 5.11 Å². The smallest absolute Gasteiger partial charge is 0.317 e. The number of nitrogens with one attached hydrogen (secondary N) is 1. The fraction of sp³-hybridized carbons (Fsp3) is 0.400. The fourth-order valence-electron chi connectivity index (χ4n) is 0.334. The topological polar surface area (TPSA) is 83.5 Å². The van der Waals surface area contributed by atoms with Crippen molar-refractivity contribution < 1.29 is 19.5 Å². The van der Waals surface area contributed by atoms with E-state index in [2.05, 4.69) is 5.32 Å². The summed E-state index contributed by atoms with van der Waals surface area (Å²) < 4.78 is 0. The van der Waals surface area contributed by atoms with Gasteiger partial charge >= 0.3 is 5.97 Å². The van der Waals surface area contributed by atoms with Crippen LogP contribution >= 0.6 is 0 Å². The molecule has 0 aliphatic rings. The first-order valence-corrected chi connectivity index (χ1v) is 2.57. The molecule has 0 fully saturated rings. The van der Waals surface area contributed by atoms with Gasteiger partial charge in [0.25, 0.3) is 0 Å². The molecule has 0 aromatic rings. The van der Waals surface area contributed by atoms with Crippen molar-refractivity contribution in [2.24, 2.45) is 0 Å². The van der Waals surface area contributed by atoms with Crippen LogP contribution in [0.4, 0.5) is 0 Å². The Kier molecular flexibility index (Phi) is 4.06. The summed E-state index contributed by atoms with van der Waals surface area (Å²) in [6.45, 7) is -0.518. The summed E-state index contributed by atoms with van der Waals surface area (Å²) in [6.07, 6.45) is 0.148. The minimum Gasteiger partial charge on any atom is -0.480 e. The third kappa shape index (κ3) is 4.92. The second kappa shape index (κ2) is 4.63. The zero-order valence-electron chi connectivity index (χ0n) is 5.16. The highest BCUT2D eigenvalue weighted by Gasteiger charge is 1.99. The predicted octanol–water partition coefficient (Wildman–Crippen LogP) is -1.57. The number of aliphatic carboxylic acids is 1. The molecule has 0 aromatic carbocycles. The number of hydrogen-bond acceptors (Lipinski definition) is 4. The first-order valence-electron chi connectivity index (χ1n) is 2.57. The van der Waals surface area contributed by atoms with E-state index in [-0.39, 0.29) is 19.4 Å². The lowest BCUT2D eigenvalue weighted by Crippen LogP contribution is -2.28. The Bertz CT molecular complexity index is 154. The van der Waals surface area contributed by atoms with Crippen LogP contribution in [0.5, 0.6) is 0 Å². The van der Waals surface area contributed by atoms with Crippen molar-refractivity contribution in [2.75, 3.05) is 13.1 Å². The molecule has 10 heavy (non-hydrogen) atoms. The van der Waals surface area contributed by atoms with Crippen LogP contribution in [0.1, 0.15) is 0 Å². The average Bonchev–Trinajstić information content (AvgIpc) is 1.87. The third-order valence-corrected chi connectivity index (χ3v) is 0.707. The molecule has 56 valence electrons. The number of ketones is 1. The molecule has 5 nitrogen and oxygen atoms in total. The molecule has 5 heteroatoms. The summed E-state index contributed by atoms with van der Waals surface area (Å²) in [5.74, 6) is -1.71. The Hall–Kier alpha value is -1.23. The van der Waals surface area contributed by atoms with Crippen LogP contribution in [0, 0.1) is 0 Å². The monoisotopic (exact) mass is 145 g/mol. The molecule has 0 aliphatic heterocycles. The maximum Gasteiger partial charge on any atom is 0.317 e. The highest BCUT2D eigenvalue weighted by Crippen LogP contribution is 1.62. The van der Waals surface area contributed by atoms with Gasteiger partial charge in [0.05, 0.1) is 13.1 Å². The highest BCUT2D eigenvalue weighted by atomic mass is 16.4. The molecule has 0 aromatic heterocycles. The molecule has 0 amide bonds. The van der Waals surface area contributed by atoms with Gasteiger partial charge in [-0.1, -0.05) is 0 Å². The van der Waals surface area contributed by atoms with E-state index in [9.17, 15) is 14.4 Å². The van der Waals surface area contributed by atoms with Gasteiger partial charge in [-0.3, -0.25) is 19.7 Å². The number of carboxylic acids is 1. The number of hydrogen-bond donors (Lipinski definition) is 2.